The fourth-order valence-electron chi connectivity index (χ4n) is 2.84. The molecule has 2 rings (SSSR count). The molecule has 1 aromatic carbocycles. The lowest BCUT2D eigenvalue weighted by atomic mass is 9.88. The second-order valence-corrected chi connectivity index (χ2v) is 6.51. The van der Waals surface area contributed by atoms with Crippen molar-refractivity contribution in [1.82, 2.24) is 10.6 Å². The molecular formula is C18H30IN3O. The second-order valence-electron chi connectivity index (χ2n) is 6.51. The van der Waals surface area contributed by atoms with Crippen LogP contribution in [-0.2, 0) is 19.4 Å². The van der Waals surface area contributed by atoms with E-state index in [0.717, 1.165) is 24.4 Å². The van der Waals surface area contributed by atoms with Gasteiger partial charge in [0.25, 0.3) is 0 Å². The summed E-state index contributed by atoms with van der Waals surface area (Å²) in [5, 5.41) is 17.0. The van der Waals surface area contributed by atoms with Gasteiger partial charge in [0.1, 0.15) is 5.75 Å². The highest BCUT2D eigenvalue weighted by molar-refractivity contribution is 14.0. The Morgan fingerprint density at radius 1 is 1.22 bits per heavy atom. The van der Waals surface area contributed by atoms with E-state index in [1.165, 1.54) is 24.0 Å². The SMILES string of the molecule is CN=C(NCc1c(O)ccc2c1CCCC2)NC(C)C(C)C.I. The van der Waals surface area contributed by atoms with Crippen LogP contribution in [0, 0.1) is 5.92 Å². The predicted octanol–water partition coefficient (Wildman–Crippen LogP) is 3.60. The van der Waals surface area contributed by atoms with E-state index in [1.807, 2.05) is 6.07 Å². The largest absolute Gasteiger partial charge is 0.508 e. The lowest BCUT2D eigenvalue weighted by Crippen LogP contribution is -2.44. The van der Waals surface area contributed by atoms with Crippen molar-refractivity contribution in [2.24, 2.45) is 10.9 Å². The number of hydrogen-bond donors (Lipinski definition) is 3. The van der Waals surface area contributed by atoms with Crippen molar-refractivity contribution in [3.63, 3.8) is 0 Å². The molecule has 0 heterocycles. The van der Waals surface area contributed by atoms with Crippen LogP contribution in [0.25, 0.3) is 0 Å². The van der Waals surface area contributed by atoms with Gasteiger partial charge in [0.15, 0.2) is 5.96 Å². The summed E-state index contributed by atoms with van der Waals surface area (Å²) >= 11 is 0. The third kappa shape index (κ3) is 5.26. The molecule has 1 aliphatic rings. The molecule has 23 heavy (non-hydrogen) atoms. The van der Waals surface area contributed by atoms with Gasteiger partial charge in [0, 0.05) is 25.2 Å². The normalized spacial score (nSPS) is 15.6. The number of rotatable bonds is 4. The first-order valence-corrected chi connectivity index (χ1v) is 8.32. The molecule has 5 heteroatoms. The molecule has 0 spiro atoms. The van der Waals surface area contributed by atoms with Crippen molar-refractivity contribution < 1.29 is 5.11 Å². The van der Waals surface area contributed by atoms with Crippen molar-refractivity contribution in [3.05, 3.63) is 28.8 Å². The molecule has 4 nitrogen and oxygen atoms in total. The van der Waals surface area contributed by atoms with E-state index < -0.39 is 0 Å². The minimum Gasteiger partial charge on any atom is -0.508 e. The molecule has 0 aromatic heterocycles. The summed E-state index contributed by atoms with van der Waals surface area (Å²) in [6, 6.07) is 4.25. The molecule has 0 fully saturated rings. The average Bonchev–Trinajstić information content (AvgIpc) is 2.52. The predicted molar refractivity (Wildman–Crippen MR) is 108 cm³/mol. The first kappa shape index (κ1) is 20.1. The Hall–Kier alpha value is -0.980. The van der Waals surface area contributed by atoms with Crippen molar-refractivity contribution in [3.8, 4) is 5.75 Å². The number of aliphatic imine (C=N–C) groups is 1. The van der Waals surface area contributed by atoms with Crippen LogP contribution in [0.15, 0.2) is 17.1 Å². The number of halogens is 1. The zero-order valence-corrected chi connectivity index (χ0v) is 17.0. The standard InChI is InChI=1S/C18H29N3O.HI/c1-12(2)13(3)21-18(19-4)20-11-16-15-8-6-5-7-14(15)9-10-17(16)22;/h9-10,12-13,22H,5-8,11H2,1-4H3,(H2,19,20,21);1H. The zero-order valence-electron chi connectivity index (χ0n) is 14.6. The van der Waals surface area contributed by atoms with Crippen molar-refractivity contribution >= 4 is 29.9 Å². The second kappa shape index (κ2) is 9.35. The van der Waals surface area contributed by atoms with Crippen molar-refractivity contribution in [2.45, 2.75) is 59.0 Å². The summed E-state index contributed by atoms with van der Waals surface area (Å²) in [6.07, 6.45) is 4.65. The van der Waals surface area contributed by atoms with Crippen LogP contribution < -0.4 is 10.6 Å². The van der Waals surface area contributed by atoms with E-state index in [-0.39, 0.29) is 24.0 Å². The molecule has 130 valence electrons. The fraction of sp³-hybridized carbons (Fsp3) is 0.611. The Morgan fingerprint density at radius 2 is 1.91 bits per heavy atom. The van der Waals surface area contributed by atoms with E-state index in [9.17, 15) is 5.11 Å². The molecule has 3 N–H and O–H groups in total. The van der Waals surface area contributed by atoms with E-state index in [4.69, 9.17) is 0 Å². The number of benzene rings is 1. The maximum atomic E-state index is 10.2. The molecule has 0 amide bonds. The highest BCUT2D eigenvalue weighted by Gasteiger charge is 2.17. The molecule has 0 saturated carbocycles. The van der Waals surface area contributed by atoms with Gasteiger partial charge in [0.05, 0.1) is 0 Å². The average molecular weight is 431 g/mol. The van der Waals surface area contributed by atoms with Gasteiger partial charge in [-0.05, 0) is 55.7 Å². The van der Waals surface area contributed by atoms with E-state index in [2.05, 4.69) is 42.5 Å². The summed E-state index contributed by atoms with van der Waals surface area (Å²) in [5.41, 5.74) is 3.74. The Labute approximate surface area is 157 Å². The molecule has 1 aromatic rings. The zero-order chi connectivity index (χ0) is 16.1. The van der Waals surface area contributed by atoms with Gasteiger partial charge in [-0.2, -0.15) is 0 Å². The molecule has 0 saturated heterocycles. The van der Waals surface area contributed by atoms with E-state index in [1.54, 1.807) is 7.05 Å². The number of nitrogens with zero attached hydrogens (tertiary/aromatic N) is 1. The molecule has 0 bridgehead atoms. The third-order valence-electron chi connectivity index (χ3n) is 4.65. The summed E-state index contributed by atoms with van der Waals surface area (Å²) in [7, 11) is 1.78. The lowest BCUT2D eigenvalue weighted by Gasteiger charge is -2.23. The van der Waals surface area contributed by atoms with Gasteiger partial charge in [-0.25, -0.2) is 0 Å². The Morgan fingerprint density at radius 3 is 2.57 bits per heavy atom. The van der Waals surface area contributed by atoms with Gasteiger partial charge in [-0.15, -0.1) is 24.0 Å². The van der Waals surface area contributed by atoms with Crippen LogP contribution in [0.2, 0.25) is 0 Å². The number of aromatic hydroxyl groups is 1. The maximum Gasteiger partial charge on any atom is 0.191 e. The van der Waals surface area contributed by atoms with Gasteiger partial charge < -0.3 is 15.7 Å². The van der Waals surface area contributed by atoms with Crippen LogP contribution in [0.5, 0.6) is 5.75 Å². The first-order chi connectivity index (χ1) is 10.5. The van der Waals surface area contributed by atoms with Crippen molar-refractivity contribution in [2.75, 3.05) is 7.05 Å². The van der Waals surface area contributed by atoms with E-state index in [0.29, 0.717) is 24.3 Å². The molecule has 0 radical (unpaired) electrons. The maximum absolute atomic E-state index is 10.2. The van der Waals surface area contributed by atoms with Crippen molar-refractivity contribution in [1.29, 1.82) is 0 Å². The first-order valence-electron chi connectivity index (χ1n) is 8.32. The van der Waals surface area contributed by atoms with Gasteiger partial charge in [-0.1, -0.05) is 19.9 Å². The summed E-state index contributed by atoms with van der Waals surface area (Å²) in [6.45, 7) is 7.13. The quantitative estimate of drug-likeness (QED) is 0.388. The van der Waals surface area contributed by atoms with Gasteiger partial charge >= 0.3 is 0 Å². The Kier molecular flexibility index (Phi) is 8.16. The summed E-state index contributed by atoms with van der Waals surface area (Å²) in [5.74, 6) is 1.71. The number of hydrogen-bond acceptors (Lipinski definition) is 2. The van der Waals surface area contributed by atoms with Crippen LogP contribution in [0.4, 0.5) is 0 Å². The van der Waals surface area contributed by atoms with Crippen LogP contribution in [0.1, 0.15) is 50.3 Å². The van der Waals surface area contributed by atoms with Gasteiger partial charge in [-0.3, -0.25) is 4.99 Å². The van der Waals surface area contributed by atoms with E-state index >= 15 is 0 Å². The summed E-state index contributed by atoms with van der Waals surface area (Å²) in [4.78, 5) is 4.28. The van der Waals surface area contributed by atoms with Crippen LogP contribution in [-0.4, -0.2) is 24.2 Å². The number of aryl methyl sites for hydroxylation is 1. The van der Waals surface area contributed by atoms with Crippen LogP contribution in [0.3, 0.4) is 0 Å². The molecule has 1 atom stereocenters. The van der Waals surface area contributed by atoms with Gasteiger partial charge in [0.2, 0.25) is 0 Å². The number of nitrogens with one attached hydrogen (secondary N) is 2. The summed E-state index contributed by atoms with van der Waals surface area (Å²) < 4.78 is 0. The fourth-order valence-corrected chi connectivity index (χ4v) is 2.84. The lowest BCUT2D eigenvalue weighted by molar-refractivity contribution is 0.462. The Balaban J connectivity index is 0.00000264. The van der Waals surface area contributed by atoms with Crippen LogP contribution >= 0.6 is 24.0 Å². The topological polar surface area (TPSA) is 56.7 Å². The third-order valence-corrected chi connectivity index (χ3v) is 4.65. The molecule has 1 unspecified atom stereocenters. The minimum atomic E-state index is 0. The highest BCUT2D eigenvalue weighted by Crippen LogP contribution is 2.30. The number of phenolic OH excluding ortho intramolecular Hbond substituents is 1. The number of phenols is 1. The molecule has 0 aliphatic heterocycles. The highest BCUT2D eigenvalue weighted by atomic mass is 127. The minimum absolute atomic E-state index is 0. The Bertz CT molecular complexity index is 543. The molecule has 1 aliphatic carbocycles. The number of fused-ring (bicyclic) bond motifs is 1. The smallest absolute Gasteiger partial charge is 0.191 e. The monoisotopic (exact) mass is 431 g/mol. The molecular weight excluding hydrogens is 401 g/mol. The number of guanidine groups is 1.